The summed E-state index contributed by atoms with van der Waals surface area (Å²) in [6.45, 7) is 10.5. The second-order valence-electron chi connectivity index (χ2n) is 6.57. The van der Waals surface area contributed by atoms with Gasteiger partial charge in [0.1, 0.15) is 0 Å². The highest BCUT2D eigenvalue weighted by Crippen LogP contribution is 2.23. The number of hydrogen-bond acceptors (Lipinski definition) is 6. The highest BCUT2D eigenvalue weighted by Gasteiger charge is 2.24. The Morgan fingerprint density at radius 2 is 2.04 bits per heavy atom. The van der Waals surface area contributed by atoms with Crippen LogP contribution in [-0.4, -0.2) is 46.8 Å². The van der Waals surface area contributed by atoms with Crippen LogP contribution in [0, 0.1) is 26.7 Å². The van der Waals surface area contributed by atoms with E-state index in [-0.39, 0.29) is 0 Å². The lowest BCUT2D eigenvalue weighted by Crippen LogP contribution is -2.29. The van der Waals surface area contributed by atoms with E-state index < -0.39 is 0 Å². The molecule has 0 N–H and O–H groups in total. The summed E-state index contributed by atoms with van der Waals surface area (Å²) >= 11 is 1.91. The van der Waals surface area contributed by atoms with E-state index in [9.17, 15) is 0 Å². The normalized spacial score (nSPS) is 18.5. The molecule has 3 rings (SSSR count). The number of anilines is 1. The summed E-state index contributed by atoms with van der Waals surface area (Å²) in [6, 6.07) is 4.47. The molecule has 1 unspecified atom stereocenters. The van der Waals surface area contributed by atoms with Gasteiger partial charge in [0.2, 0.25) is 5.95 Å². The number of thiophene rings is 1. The van der Waals surface area contributed by atoms with E-state index in [2.05, 4.69) is 51.1 Å². The molecule has 5 nitrogen and oxygen atoms in total. The van der Waals surface area contributed by atoms with E-state index in [0.29, 0.717) is 5.92 Å². The van der Waals surface area contributed by atoms with Gasteiger partial charge in [0.15, 0.2) is 0 Å². The Bertz CT molecular complexity index is 669. The molecule has 0 aromatic carbocycles. The molecular weight excluding hydrogens is 306 g/mol. The number of hydrogen-bond donors (Lipinski definition) is 0. The average Bonchev–Trinajstić information content (AvgIpc) is 3.11. The first-order chi connectivity index (χ1) is 11.0. The summed E-state index contributed by atoms with van der Waals surface area (Å²) in [6.07, 6.45) is 1.24. The highest BCUT2D eigenvalue weighted by atomic mass is 32.1. The van der Waals surface area contributed by atoms with Crippen LogP contribution < -0.4 is 4.90 Å². The minimum Gasteiger partial charge on any atom is -0.342 e. The maximum Gasteiger partial charge on any atom is 0.245 e. The largest absolute Gasteiger partial charge is 0.342 e. The number of rotatable bonds is 5. The van der Waals surface area contributed by atoms with Crippen molar-refractivity contribution in [1.82, 2.24) is 20.1 Å². The molecule has 1 aliphatic heterocycles. The minimum absolute atomic E-state index is 0.672. The Kier molecular flexibility index (Phi) is 4.92. The van der Waals surface area contributed by atoms with E-state index in [1.807, 2.05) is 25.2 Å². The molecule has 1 aliphatic rings. The van der Waals surface area contributed by atoms with Crippen LogP contribution in [-0.2, 0) is 6.54 Å². The topological polar surface area (TPSA) is 45.2 Å². The Morgan fingerprint density at radius 3 is 2.74 bits per heavy atom. The average molecular weight is 331 g/mol. The van der Waals surface area contributed by atoms with Gasteiger partial charge in [0.05, 0.1) is 11.4 Å². The van der Waals surface area contributed by atoms with Crippen molar-refractivity contribution >= 4 is 17.3 Å². The molecule has 2 aromatic rings. The predicted octanol–water partition coefficient (Wildman–Crippen LogP) is 2.82. The van der Waals surface area contributed by atoms with Gasteiger partial charge >= 0.3 is 0 Å². The van der Waals surface area contributed by atoms with Gasteiger partial charge in [0.25, 0.3) is 0 Å². The van der Waals surface area contributed by atoms with Crippen molar-refractivity contribution in [2.24, 2.45) is 5.92 Å². The molecule has 0 saturated carbocycles. The van der Waals surface area contributed by atoms with Crippen LogP contribution in [0.5, 0.6) is 0 Å². The third-order valence-electron chi connectivity index (χ3n) is 4.50. The molecule has 0 amide bonds. The van der Waals surface area contributed by atoms with Crippen molar-refractivity contribution in [1.29, 1.82) is 0 Å². The molecule has 1 fully saturated rings. The molecule has 124 valence electrons. The zero-order valence-corrected chi connectivity index (χ0v) is 15.2. The molecule has 2 aromatic heterocycles. The van der Waals surface area contributed by atoms with Crippen LogP contribution in [0.15, 0.2) is 12.1 Å². The fourth-order valence-corrected chi connectivity index (χ4v) is 4.00. The summed E-state index contributed by atoms with van der Waals surface area (Å²) in [4.78, 5) is 12.1. The number of aryl methyl sites for hydroxylation is 3. The molecule has 1 atom stereocenters. The summed E-state index contributed by atoms with van der Waals surface area (Å²) in [5, 5.41) is 8.41. The van der Waals surface area contributed by atoms with Crippen molar-refractivity contribution in [3.05, 3.63) is 33.3 Å². The van der Waals surface area contributed by atoms with Gasteiger partial charge in [0, 0.05) is 36.4 Å². The van der Waals surface area contributed by atoms with Gasteiger partial charge in [-0.3, -0.25) is 4.90 Å². The van der Waals surface area contributed by atoms with Gasteiger partial charge in [-0.2, -0.15) is 5.10 Å². The Morgan fingerprint density at radius 1 is 1.22 bits per heavy atom. The Hall–Kier alpha value is -1.53. The molecule has 0 spiro atoms. The number of aromatic nitrogens is 3. The van der Waals surface area contributed by atoms with Crippen molar-refractivity contribution in [2.45, 2.75) is 33.7 Å². The monoisotopic (exact) mass is 331 g/mol. The molecule has 23 heavy (non-hydrogen) atoms. The van der Waals surface area contributed by atoms with Crippen molar-refractivity contribution in [3.8, 4) is 0 Å². The van der Waals surface area contributed by atoms with E-state index >= 15 is 0 Å². The SMILES string of the molecule is Cc1ccc(CN2CCC(CN(C)c3nnc(C)c(C)n3)C2)s1. The van der Waals surface area contributed by atoms with Crippen LogP contribution in [0.4, 0.5) is 5.95 Å². The van der Waals surface area contributed by atoms with Crippen LogP contribution in [0.1, 0.15) is 27.6 Å². The van der Waals surface area contributed by atoms with Gasteiger partial charge in [-0.15, -0.1) is 16.4 Å². The third kappa shape index (κ3) is 4.06. The summed E-state index contributed by atoms with van der Waals surface area (Å²) < 4.78 is 0. The zero-order valence-electron chi connectivity index (χ0n) is 14.4. The lowest BCUT2D eigenvalue weighted by molar-refractivity contribution is 0.320. The lowest BCUT2D eigenvalue weighted by atomic mass is 10.1. The maximum absolute atomic E-state index is 4.54. The van der Waals surface area contributed by atoms with Crippen LogP contribution >= 0.6 is 11.3 Å². The predicted molar refractivity (Wildman–Crippen MR) is 95.0 cm³/mol. The fourth-order valence-electron chi connectivity index (χ4n) is 3.07. The summed E-state index contributed by atoms with van der Waals surface area (Å²) in [5.41, 5.74) is 1.86. The summed E-state index contributed by atoms with van der Waals surface area (Å²) in [7, 11) is 2.07. The zero-order chi connectivity index (χ0) is 16.4. The smallest absolute Gasteiger partial charge is 0.245 e. The Balaban J connectivity index is 1.53. The first-order valence-corrected chi connectivity index (χ1v) is 8.99. The molecule has 0 radical (unpaired) electrons. The van der Waals surface area contributed by atoms with Gasteiger partial charge < -0.3 is 4.90 Å². The van der Waals surface area contributed by atoms with E-state index in [4.69, 9.17) is 0 Å². The van der Waals surface area contributed by atoms with Crippen molar-refractivity contribution < 1.29 is 0 Å². The second kappa shape index (κ2) is 6.93. The lowest BCUT2D eigenvalue weighted by Gasteiger charge is -2.21. The first kappa shape index (κ1) is 16.3. The molecular formula is C17H25N5S. The van der Waals surface area contributed by atoms with Crippen molar-refractivity contribution in [3.63, 3.8) is 0 Å². The molecule has 1 saturated heterocycles. The van der Waals surface area contributed by atoms with Crippen LogP contribution in [0.2, 0.25) is 0 Å². The molecule has 0 aliphatic carbocycles. The van der Waals surface area contributed by atoms with E-state index in [0.717, 1.165) is 37.0 Å². The number of likely N-dealkylation sites (tertiary alicyclic amines) is 1. The third-order valence-corrected chi connectivity index (χ3v) is 5.49. The fraction of sp³-hybridized carbons (Fsp3) is 0.588. The standard InChI is InChI=1S/C17H25N5S/c1-12-5-6-16(23-12)11-22-8-7-15(10-22)9-21(4)17-18-13(2)14(3)19-20-17/h5-6,15H,7-11H2,1-4H3. The minimum atomic E-state index is 0.672. The van der Waals surface area contributed by atoms with E-state index in [1.54, 1.807) is 0 Å². The van der Waals surface area contributed by atoms with Gasteiger partial charge in [-0.05, 0) is 51.8 Å². The number of nitrogens with zero attached hydrogens (tertiary/aromatic N) is 5. The van der Waals surface area contributed by atoms with Gasteiger partial charge in [-0.25, -0.2) is 4.98 Å². The summed E-state index contributed by atoms with van der Waals surface area (Å²) in [5.74, 6) is 1.41. The van der Waals surface area contributed by atoms with Crippen LogP contribution in [0.3, 0.4) is 0 Å². The van der Waals surface area contributed by atoms with E-state index in [1.165, 1.54) is 22.7 Å². The highest BCUT2D eigenvalue weighted by molar-refractivity contribution is 7.11. The maximum atomic E-state index is 4.54. The van der Waals surface area contributed by atoms with Crippen molar-refractivity contribution in [2.75, 3.05) is 31.6 Å². The molecule has 3 heterocycles. The molecule has 0 bridgehead atoms. The quantitative estimate of drug-likeness (QED) is 0.843. The van der Waals surface area contributed by atoms with Crippen LogP contribution in [0.25, 0.3) is 0 Å². The molecule has 6 heteroatoms. The Labute approximate surface area is 142 Å². The second-order valence-corrected chi connectivity index (χ2v) is 7.94. The first-order valence-electron chi connectivity index (χ1n) is 8.18. The van der Waals surface area contributed by atoms with Gasteiger partial charge in [-0.1, -0.05) is 0 Å².